The topological polar surface area (TPSA) is 79.9 Å². The second-order valence-corrected chi connectivity index (χ2v) is 6.12. The van der Waals surface area contributed by atoms with Gasteiger partial charge in [-0.25, -0.2) is 0 Å². The molecule has 5 nitrogen and oxygen atoms in total. The summed E-state index contributed by atoms with van der Waals surface area (Å²) in [6.07, 6.45) is -4.68. The number of hydrogen-bond donors (Lipinski definition) is 3. The lowest BCUT2D eigenvalue weighted by Crippen LogP contribution is -2.24. The maximum absolute atomic E-state index is 12.2. The maximum Gasteiger partial charge on any atom is 0.573 e. The molecular weight excluding hydrogens is 486 g/mol. The van der Waals surface area contributed by atoms with Crippen LogP contribution in [-0.4, -0.2) is 30.1 Å². The number of nitrogens with zero attached hydrogens (tertiary/aromatic N) is 1. The Hall–Kier alpha value is -2.01. The second kappa shape index (κ2) is 11.1. The van der Waals surface area contributed by atoms with E-state index in [2.05, 4.69) is 15.0 Å². The molecule has 0 saturated heterocycles. The third-order valence-electron chi connectivity index (χ3n) is 3.74. The maximum atomic E-state index is 12.2. The van der Waals surface area contributed by atoms with Crippen molar-refractivity contribution in [1.82, 2.24) is 0 Å². The molecule has 0 aliphatic rings. The molecule has 0 radical (unpaired) electrons. The number of halogens is 4. The minimum absolute atomic E-state index is 0. The lowest BCUT2D eigenvalue weighted by molar-refractivity contribution is -0.274. The van der Waals surface area contributed by atoms with E-state index in [9.17, 15) is 18.3 Å². The first-order chi connectivity index (χ1) is 12.7. The van der Waals surface area contributed by atoms with Gasteiger partial charge in [0.1, 0.15) is 5.75 Å². The average molecular weight is 509 g/mol. The van der Waals surface area contributed by atoms with Crippen molar-refractivity contribution in [2.24, 2.45) is 10.7 Å². The molecule has 154 valence electrons. The standard InChI is InChI=1S/C19H22F3N3O2.HI/c1-13(26)11-15(14-5-3-2-4-6-14)12-24-18(23)25-16-7-9-17(10-8-16)27-19(20,21)22;/h2-10,13,15,26H,11-12H2,1H3,(H3,23,24,25);1H. The molecule has 4 N–H and O–H groups in total. The van der Waals surface area contributed by atoms with Crippen molar-refractivity contribution < 1.29 is 23.0 Å². The molecule has 2 unspecified atom stereocenters. The highest BCUT2D eigenvalue weighted by atomic mass is 127. The predicted octanol–water partition coefficient (Wildman–Crippen LogP) is 4.48. The largest absolute Gasteiger partial charge is 0.573 e. The van der Waals surface area contributed by atoms with Gasteiger partial charge in [-0.3, -0.25) is 4.99 Å². The fourth-order valence-corrected chi connectivity index (χ4v) is 2.59. The molecule has 28 heavy (non-hydrogen) atoms. The number of aliphatic imine (C=N–C) groups is 1. The van der Waals surface area contributed by atoms with Crippen LogP contribution in [-0.2, 0) is 0 Å². The number of anilines is 1. The molecule has 0 saturated carbocycles. The third-order valence-corrected chi connectivity index (χ3v) is 3.74. The SMILES string of the molecule is CC(O)CC(CN=C(N)Nc1ccc(OC(F)(F)F)cc1)c1ccccc1.I. The summed E-state index contributed by atoms with van der Waals surface area (Å²) >= 11 is 0. The predicted molar refractivity (Wildman–Crippen MR) is 114 cm³/mol. The Morgan fingerprint density at radius 2 is 1.75 bits per heavy atom. The van der Waals surface area contributed by atoms with Crippen molar-refractivity contribution in [2.45, 2.75) is 31.7 Å². The highest BCUT2D eigenvalue weighted by Crippen LogP contribution is 2.24. The fourth-order valence-electron chi connectivity index (χ4n) is 2.59. The van der Waals surface area contributed by atoms with Crippen molar-refractivity contribution in [3.63, 3.8) is 0 Å². The second-order valence-electron chi connectivity index (χ2n) is 6.12. The molecule has 0 fully saturated rings. The molecule has 0 aliphatic heterocycles. The van der Waals surface area contributed by atoms with Gasteiger partial charge in [0, 0.05) is 18.2 Å². The number of aliphatic hydroxyl groups is 1. The number of ether oxygens (including phenoxy) is 1. The van der Waals surface area contributed by atoms with Crippen LogP contribution in [0.3, 0.4) is 0 Å². The molecule has 2 aromatic carbocycles. The Balaban J connectivity index is 0.00000392. The summed E-state index contributed by atoms with van der Waals surface area (Å²) in [6.45, 7) is 2.08. The molecule has 2 atom stereocenters. The van der Waals surface area contributed by atoms with Gasteiger partial charge in [0.25, 0.3) is 0 Å². The number of guanidine groups is 1. The van der Waals surface area contributed by atoms with E-state index in [0.29, 0.717) is 18.7 Å². The van der Waals surface area contributed by atoms with E-state index >= 15 is 0 Å². The zero-order valence-electron chi connectivity index (χ0n) is 15.2. The van der Waals surface area contributed by atoms with Crippen molar-refractivity contribution in [1.29, 1.82) is 0 Å². The summed E-state index contributed by atoms with van der Waals surface area (Å²) in [5, 5.41) is 12.5. The summed E-state index contributed by atoms with van der Waals surface area (Å²) in [5.74, 6) is -0.190. The van der Waals surface area contributed by atoms with Crippen molar-refractivity contribution in [3.05, 3.63) is 60.2 Å². The van der Waals surface area contributed by atoms with Crippen LogP contribution in [0.25, 0.3) is 0 Å². The molecule has 9 heteroatoms. The number of nitrogens with two attached hydrogens (primary N) is 1. The van der Waals surface area contributed by atoms with E-state index in [0.717, 1.165) is 5.56 Å². The monoisotopic (exact) mass is 509 g/mol. The van der Waals surface area contributed by atoms with E-state index < -0.39 is 12.5 Å². The zero-order chi connectivity index (χ0) is 19.9. The van der Waals surface area contributed by atoms with E-state index in [1.165, 1.54) is 24.3 Å². The van der Waals surface area contributed by atoms with Crippen LogP contribution in [0.5, 0.6) is 5.75 Å². The Morgan fingerprint density at radius 1 is 1.14 bits per heavy atom. The first-order valence-corrected chi connectivity index (χ1v) is 8.38. The Morgan fingerprint density at radius 3 is 2.29 bits per heavy atom. The van der Waals surface area contributed by atoms with Crippen LogP contribution in [0, 0.1) is 0 Å². The molecule has 2 aromatic rings. The van der Waals surface area contributed by atoms with Gasteiger partial charge in [-0.15, -0.1) is 37.1 Å². The van der Waals surface area contributed by atoms with Crippen molar-refractivity contribution in [3.8, 4) is 5.75 Å². The van der Waals surface area contributed by atoms with Crippen LogP contribution in [0.1, 0.15) is 24.8 Å². The van der Waals surface area contributed by atoms with Crippen molar-refractivity contribution >= 4 is 35.6 Å². The summed E-state index contributed by atoms with van der Waals surface area (Å²) in [6, 6.07) is 14.9. The van der Waals surface area contributed by atoms with E-state index in [4.69, 9.17) is 5.73 Å². The van der Waals surface area contributed by atoms with Crippen LogP contribution in [0.2, 0.25) is 0 Å². The molecule has 0 heterocycles. The quantitative estimate of drug-likeness (QED) is 0.292. The van der Waals surface area contributed by atoms with Gasteiger partial charge in [-0.05, 0) is 43.2 Å². The van der Waals surface area contributed by atoms with Gasteiger partial charge in [-0.2, -0.15) is 0 Å². The number of hydrogen-bond acceptors (Lipinski definition) is 3. The summed E-state index contributed by atoms with van der Waals surface area (Å²) < 4.78 is 40.3. The van der Waals surface area contributed by atoms with Gasteiger partial charge >= 0.3 is 6.36 Å². The van der Waals surface area contributed by atoms with Gasteiger partial charge in [0.2, 0.25) is 0 Å². The van der Waals surface area contributed by atoms with E-state index in [-0.39, 0.29) is 41.6 Å². The number of rotatable bonds is 7. The summed E-state index contributed by atoms with van der Waals surface area (Å²) in [5.41, 5.74) is 7.40. The smallest absolute Gasteiger partial charge is 0.406 e. The number of aliphatic hydroxyl groups excluding tert-OH is 1. The third kappa shape index (κ3) is 8.79. The highest BCUT2D eigenvalue weighted by molar-refractivity contribution is 14.0. The van der Waals surface area contributed by atoms with Crippen LogP contribution in [0.15, 0.2) is 59.6 Å². The number of nitrogens with one attached hydrogen (secondary N) is 1. The minimum Gasteiger partial charge on any atom is -0.406 e. The van der Waals surface area contributed by atoms with Gasteiger partial charge in [0.15, 0.2) is 5.96 Å². The lowest BCUT2D eigenvalue weighted by Gasteiger charge is -2.17. The number of alkyl halides is 3. The van der Waals surface area contributed by atoms with Gasteiger partial charge < -0.3 is 20.9 Å². The lowest BCUT2D eigenvalue weighted by atomic mass is 9.93. The fraction of sp³-hybridized carbons (Fsp3) is 0.316. The Kier molecular flexibility index (Phi) is 9.53. The van der Waals surface area contributed by atoms with Crippen molar-refractivity contribution in [2.75, 3.05) is 11.9 Å². The molecular formula is C19H23F3IN3O2. The van der Waals surface area contributed by atoms with Gasteiger partial charge in [0.05, 0.1) is 6.10 Å². The van der Waals surface area contributed by atoms with E-state index in [1.807, 2.05) is 30.3 Å². The number of benzene rings is 2. The first kappa shape index (κ1) is 24.0. The minimum atomic E-state index is -4.73. The van der Waals surface area contributed by atoms with Gasteiger partial charge in [-0.1, -0.05) is 30.3 Å². The summed E-state index contributed by atoms with van der Waals surface area (Å²) in [4.78, 5) is 4.29. The van der Waals surface area contributed by atoms with Crippen LogP contribution in [0.4, 0.5) is 18.9 Å². The van der Waals surface area contributed by atoms with Crippen LogP contribution >= 0.6 is 24.0 Å². The first-order valence-electron chi connectivity index (χ1n) is 8.38. The highest BCUT2D eigenvalue weighted by Gasteiger charge is 2.30. The Labute approximate surface area is 178 Å². The molecule has 0 spiro atoms. The normalized spacial score (nSPS) is 14.0. The summed E-state index contributed by atoms with van der Waals surface area (Å²) in [7, 11) is 0. The molecule has 0 amide bonds. The average Bonchev–Trinajstić information content (AvgIpc) is 2.59. The Bertz CT molecular complexity index is 738. The zero-order valence-corrected chi connectivity index (χ0v) is 17.5. The molecule has 0 aliphatic carbocycles. The van der Waals surface area contributed by atoms with Crippen LogP contribution < -0.4 is 15.8 Å². The molecule has 2 rings (SSSR count). The molecule has 0 aromatic heterocycles. The molecule has 0 bridgehead atoms. The van der Waals surface area contributed by atoms with E-state index in [1.54, 1.807) is 6.92 Å².